The molecule has 1 aromatic carbocycles. The van der Waals surface area contributed by atoms with Crippen molar-refractivity contribution in [2.45, 2.75) is 38.8 Å². The highest BCUT2D eigenvalue weighted by molar-refractivity contribution is 5.97. The Bertz CT molecular complexity index is 1260. The molecule has 0 radical (unpaired) electrons. The smallest absolute Gasteiger partial charge is 0.407 e. The first-order valence-corrected chi connectivity index (χ1v) is 10.7. The highest BCUT2D eigenvalue weighted by Gasteiger charge is 2.31. The van der Waals surface area contributed by atoms with E-state index < -0.39 is 29.0 Å². The van der Waals surface area contributed by atoms with Crippen LogP contribution in [0.2, 0.25) is 0 Å². The molecule has 0 saturated carbocycles. The number of rotatable bonds is 3. The van der Waals surface area contributed by atoms with Crippen LogP contribution in [0, 0.1) is 5.82 Å². The third-order valence-electron chi connectivity index (χ3n) is 5.27. The van der Waals surface area contributed by atoms with Gasteiger partial charge in [0.15, 0.2) is 0 Å². The average Bonchev–Trinajstić information content (AvgIpc) is 3.20. The highest BCUT2D eigenvalue weighted by Crippen LogP contribution is 2.19. The van der Waals surface area contributed by atoms with Crippen LogP contribution in [0.15, 0.2) is 53.5 Å². The number of benzene rings is 1. The molecular weight excluding hydrogens is 427 g/mol. The predicted molar refractivity (Wildman–Crippen MR) is 121 cm³/mol. The summed E-state index contributed by atoms with van der Waals surface area (Å²) in [5.74, 6) is -0.869. The first-order chi connectivity index (χ1) is 15.6. The minimum absolute atomic E-state index is 0.0160. The van der Waals surface area contributed by atoms with Crippen LogP contribution in [0.4, 0.5) is 9.18 Å². The van der Waals surface area contributed by atoms with Gasteiger partial charge < -0.3 is 15.0 Å². The molecule has 2 aromatic heterocycles. The van der Waals surface area contributed by atoms with Gasteiger partial charge in [0.2, 0.25) is 0 Å². The Hall–Kier alpha value is -3.75. The molecule has 0 spiro atoms. The number of amides is 2. The molecule has 3 heterocycles. The van der Waals surface area contributed by atoms with E-state index in [2.05, 4.69) is 10.3 Å². The number of aromatic nitrogens is 2. The molecule has 3 aromatic rings. The van der Waals surface area contributed by atoms with E-state index in [0.29, 0.717) is 29.7 Å². The molecule has 0 aliphatic carbocycles. The van der Waals surface area contributed by atoms with Crippen LogP contribution in [0.3, 0.4) is 0 Å². The summed E-state index contributed by atoms with van der Waals surface area (Å²) in [4.78, 5) is 44.6. The van der Waals surface area contributed by atoms with Gasteiger partial charge in [-0.25, -0.2) is 14.2 Å². The van der Waals surface area contributed by atoms with Crippen molar-refractivity contribution in [3.8, 4) is 5.69 Å². The van der Waals surface area contributed by atoms with Crippen molar-refractivity contribution < 1.29 is 18.7 Å². The number of alkyl carbamates (subject to hydrolysis) is 1. The number of likely N-dealkylation sites (tertiary alicyclic amines) is 1. The molecule has 1 saturated heterocycles. The summed E-state index contributed by atoms with van der Waals surface area (Å²) in [5, 5.41) is 3.38. The van der Waals surface area contributed by atoms with Crippen LogP contribution in [-0.2, 0) is 4.74 Å². The first-order valence-electron chi connectivity index (χ1n) is 10.7. The molecule has 1 unspecified atom stereocenters. The van der Waals surface area contributed by atoms with Crippen LogP contribution < -0.4 is 10.9 Å². The normalized spacial score (nSPS) is 16.1. The summed E-state index contributed by atoms with van der Waals surface area (Å²) in [7, 11) is 0. The second-order valence-corrected chi connectivity index (χ2v) is 8.97. The van der Waals surface area contributed by atoms with Crippen LogP contribution in [0.1, 0.15) is 37.6 Å². The molecule has 8 nitrogen and oxygen atoms in total. The summed E-state index contributed by atoms with van der Waals surface area (Å²) in [6, 6.07) is 10.2. The lowest BCUT2D eigenvalue weighted by Gasteiger charge is -2.22. The van der Waals surface area contributed by atoms with E-state index in [-0.39, 0.29) is 18.2 Å². The first kappa shape index (κ1) is 22.4. The second-order valence-electron chi connectivity index (χ2n) is 8.97. The Balaban J connectivity index is 1.63. The van der Waals surface area contributed by atoms with Gasteiger partial charge in [0.1, 0.15) is 22.6 Å². The lowest BCUT2D eigenvalue weighted by Crippen LogP contribution is -2.42. The van der Waals surface area contributed by atoms with E-state index in [1.807, 2.05) is 0 Å². The maximum Gasteiger partial charge on any atom is 0.407 e. The fraction of sp³-hybridized carbons (Fsp3) is 0.333. The van der Waals surface area contributed by atoms with Crippen molar-refractivity contribution in [2.75, 3.05) is 13.1 Å². The van der Waals surface area contributed by atoms with E-state index in [1.54, 1.807) is 39.1 Å². The van der Waals surface area contributed by atoms with Crippen LogP contribution in [0.5, 0.6) is 0 Å². The van der Waals surface area contributed by atoms with E-state index in [1.165, 1.54) is 39.8 Å². The molecule has 1 fully saturated rings. The molecule has 1 aliphatic heterocycles. The molecule has 0 bridgehead atoms. The van der Waals surface area contributed by atoms with Crippen molar-refractivity contribution in [2.24, 2.45) is 0 Å². The van der Waals surface area contributed by atoms with Crippen LogP contribution in [0.25, 0.3) is 16.7 Å². The Labute approximate surface area is 190 Å². The molecule has 2 amide bonds. The maximum absolute atomic E-state index is 13.4. The van der Waals surface area contributed by atoms with Gasteiger partial charge in [0, 0.05) is 24.7 Å². The van der Waals surface area contributed by atoms with Crippen LogP contribution >= 0.6 is 0 Å². The van der Waals surface area contributed by atoms with Crippen LogP contribution in [-0.4, -0.2) is 51.2 Å². The highest BCUT2D eigenvalue weighted by atomic mass is 19.1. The molecule has 1 atom stereocenters. The number of hydrogen-bond donors (Lipinski definition) is 1. The number of ether oxygens (including phenoxy) is 1. The third kappa shape index (κ3) is 4.87. The van der Waals surface area contributed by atoms with Gasteiger partial charge in [-0.1, -0.05) is 0 Å². The number of halogens is 1. The minimum atomic E-state index is -0.622. The zero-order valence-corrected chi connectivity index (χ0v) is 18.7. The summed E-state index contributed by atoms with van der Waals surface area (Å²) in [6.45, 7) is 5.98. The SMILES string of the molecule is CC(C)(C)OC(=O)NC1CCN(C(=O)c2cc3cccnc3n(-c3ccc(F)cc3)c2=O)C1. The number of carbonyl (C=O) groups is 2. The van der Waals surface area contributed by atoms with Gasteiger partial charge in [-0.15, -0.1) is 0 Å². The maximum atomic E-state index is 13.4. The van der Waals surface area contributed by atoms with E-state index in [0.717, 1.165) is 0 Å². The molecule has 172 valence electrons. The third-order valence-corrected chi connectivity index (χ3v) is 5.27. The fourth-order valence-corrected chi connectivity index (χ4v) is 3.83. The average molecular weight is 452 g/mol. The number of nitrogens with zero attached hydrogens (tertiary/aromatic N) is 3. The number of nitrogens with one attached hydrogen (secondary N) is 1. The van der Waals surface area contributed by atoms with E-state index >= 15 is 0 Å². The number of hydrogen-bond acceptors (Lipinski definition) is 5. The molecule has 4 rings (SSSR count). The summed E-state index contributed by atoms with van der Waals surface area (Å²) in [6.07, 6.45) is 1.56. The fourth-order valence-electron chi connectivity index (χ4n) is 3.83. The van der Waals surface area contributed by atoms with Crippen molar-refractivity contribution in [3.63, 3.8) is 0 Å². The Kier molecular flexibility index (Phi) is 5.88. The van der Waals surface area contributed by atoms with Gasteiger partial charge in [-0.3, -0.25) is 14.2 Å². The topological polar surface area (TPSA) is 93.5 Å². The number of carbonyl (C=O) groups excluding carboxylic acids is 2. The van der Waals surface area contributed by atoms with E-state index in [4.69, 9.17) is 4.74 Å². The van der Waals surface area contributed by atoms with Gasteiger partial charge in [-0.05, 0) is 69.7 Å². The number of pyridine rings is 2. The Morgan fingerprint density at radius 1 is 1.18 bits per heavy atom. The zero-order valence-electron chi connectivity index (χ0n) is 18.7. The lowest BCUT2D eigenvalue weighted by molar-refractivity contribution is 0.0502. The number of fused-ring (bicyclic) bond motifs is 1. The van der Waals surface area contributed by atoms with Gasteiger partial charge in [-0.2, -0.15) is 0 Å². The predicted octanol–water partition coefficient (Wildman–Crippen LogP) is 3.26. The van der Waals surface area contributed by atoms with Crippen molar-refractivity contribution in [3.05, 3.63) is 70.4 Å². The summed E-state index contributed by atoms with van der Waals surface area (Å²) < 4.78 is 20.0. The Morgan fingerprint density at radius 3 is 2.61 bits per heavy atom. The standard InChI is InChI=1S/C24H25FN4O4/c1-24(2,3)33-23(32)27-17-10-12-28(14-17)21(30)19-13-15-5-4-11-26-20(15)29(22(19)31)18-8-6-16(25)7-9-18/h4-9,11,13,17H,10,12,14H2,1-3H3,(H,27,32). The second kappa shape index (κ2) is 8.65. The molecule has 9 heteroatoms. The summed E-state index contributed by atoms with van der Waals surface area (Å²) >= 11 is 0. The van der Waals surface area contributed by atoms with E-state index in [9.17, 15) is 18.8 Å². The van der Waals surface area contributed by atoms with Crippen molar-refractivity contribution in [1.29, 1.82) is 0 Å². The quantitative estimate of drug-likeness (QED) is 0.658. The van der Waals surface area contributed by atoms with Gasteiger partial charge >= 0.3 is 6.09 Å². The van der Waals surface area contributed by atoms with Crippen molar-refractivity contribution in [1.82, 2.24) is 19.8 Å². The minimum Gasteiger partial charge on any atom is -0.444 e. The molecule has 33 heavy (non-hydrogen) atoms. The summed E-state index contributed by atoms with van der Waals surface area (Å²) in [5.41, 5.74) is -0.399. The molecule has 1 N–H and O–H groups in total. The lowest BCUT2D eigenvalue weighted by atomic mass is 10.1. The van der Waals surface area contributed by atoms with Gasteiger partial charge in [0.25, 0.3) is 11.5 Å². The monoisotopic (exact) mass is 452 g/mol. The Morgan fingerprint density at radius 2 is 1.91 bits per heavy atom. The van der Waals surface area contributed by atoms with Gasteiger partial charge in [0.05, 0.1) is 11.7 Å². The molecule has 1 aliphatic rings. The zero-order chi connectivity index (χ0) is 23.8. The largest absolute Gasteiger partial charge is 0.444 e. The van der Waals surface area contributed by atoms with Crippen molar-refractivity contribution >= 4 is 23.0 Å². The molecular formula is C24H25FN4O4.